The SMILES string of the molecule is CCNC(C)(CCCN1CCN(CC2CC2)CC1)C(N)=O. The number of primary amides is 1. The Kier molecular flexibility index (Phi) is 6.02. The number of likely N-dealkylation sites (N-methyl/N-ethyl adjacent to an activating group) is 1. The molecule has 1 aliphatic carbocycles. The van der Waals surface area contributed by atoms with Crippen molar-refractivity contribution in [2.45, 2.75) is 45.1 Å². The van der Waals surface area contributed by atoms with Crippen LogP contribution in [0.1, 0.15) is 39.5 Å². The predicted molar refractivity (Wildman–Crippen MR) is 86.1 cm³/mol. The zero-order chi connectivity index (χ0) is 15.3. The summed E-state index contributed by atoms with van der Waals surface area (Å²) in [6, 6.07) is 0. The zero-order valence-corrected chi connectivity index (χ0v) is 13.7. The summed E-state index contributed by atoms with van der Waals surface area (Å²) >= 11 is 0. The molecule has 1 amide bonds. The molecule has 1 saturated carbocycles. The van der Waals surface area contributed by atoms with Gasteiger partial charge in [0.1, 0.15) is 0 Å². The van der Waals surface area contributed by atoms with Gasteiger partial charge in [-0.2, -0.15) is 0 Å². The van der Waals surface area contributed by atoms with Crippen molar-refractivity contribution in [1.82, 2.24) is 15.1 Å². The monoisotopic (exact) mass is 296 g/mol. The van der Waals surface area contributed by atoms with E-state index < -0.39 is 5.54 Å². The second-order valence-corrected chi connectivity index (χ2v) is 6.92. The van der Waals surface area contributed by atoms with E-state index >= 15 is 0 Å². The predicted octanol–water partition coefficient (Wildman–Crippen LogP) is 0.648. The van der Waals surface area contributed by atoms with Crippen molar-refractivity contribution >= 4 is 5.91 Å². The Hall–Kier alpha value is -0.650. The third kappa shape index (κ3) is 5.24. The molecule has 0 spiro atoms. The van der Waals surface area contributed by atoms with Crippen molar-refractivity contribution in [3.05, 3.63) is 0 Å². The highest BCUT2D eigenvalue weighted by molar-refractivity contribution is 5.84. The molecular weight excluding hydrogens is 264 g/mol. The van der Waals surface area contributed by atoms with Gasteiger partial charge in [-0.3, -0.25) is 4.79 Å². The van der Waals surface area contributed by atoms with E-state index in [1.165, 1.54) is 45.6 Å². The van der Waals surface area contributed by atoms with E-state index in [1.807, 2.05) is 13.8 Å². The number of amides is 1. The summed E-state index contributed by atoms with van der Waals surface area (Å²) in [7, 11) is 0. The minimum Gasteiger partial charge on any atom is -0.368 e. The molecule has 2 aliphatic rings. The molecule has 0 radical (unpaired) electrons. The molecule has 1 atom stereocenters. The van der Waals surface area contributed by atoms with Crippen molar-refractivity contribution in [2.24, 2.45) is 11.7 Å². The molecule has 1 unspecified atom stereocenters. The minimum absolute atomic E-state index is 0.237. The number of carbonyl (C=O) groups excluding carboxylic acids is 1. The first kappa shape index (κ1) is 16.7. The van der Waals surface area contributed by atoms with Gasteiger partial charge in [0, 0.05) is 32.7 Å². The molecule has 1 saturated heterocycles. The molecule has 2 rings (SSSR count). The van der Waals surface area contributed by atoms with Crippen molar-refractivity contribution in [3.63, 3.8) is 0 Å². The standard InChI is InChI=1S/C16H32N4O/c1-3-18-16(2,15(17)21)7-4-8-19-9-11-20(12-10-19)13-14-5-6-14/h14,18H,3-13H2,1-2H3,(H2,17,21). The van der Waals surface area contributed by atoms with Crippen LogP contribution in [-0.2, 0) is 4.79 Å². The van der Waals surface area contributed by atoms with Crippen LogP contribution in [0.5, 0.6) is 0 Å². The number of rotatable bonds is 9. The lowest BCUT2D eigenvalue weighted by Gasteiger charge is -2.35. The van der Waals surface area contributed by atoms with E-state index in [0.29, 0.717) is 0 Å². The van der Waals surface area contributed by atoms with Gasteiger partial charge in [-0.15, -0.1) is 0 Å². The third-order valence-electron chi connectivity index (χ3n) is 4.94. The number of hydrogen-bond acceptors (Lipinski definition) is 4. The van der Waals surface area contributed by atoms with Gasteiger partial charge in [0.25, 0.3) is 0 Å². The largest absolute Gasteiger partial charge is 0.368 e. The fourth-order valence-electron chi connectivity index (χ4n) is 3.21. The highest BCUT2D eigenvalue weighted by Crippen LogP contribution is 2.29. The van der Waals surface area contributed by atoms with Crippen molar-refractivity contribution in [3.8, 4) is 0 Å². The van der Waals surface area contributed by atoms with Crippen LogP contribution in [0.25, 0.3) is 0 Å². The lowest BCUT2D eigenvalue weighted by atomic mass is 9.94. The minimum atomic E-state index is -0.553. The summed E-state index contributed by atoms with van der Waals surface area (Å²) < 4.78 is 0. The molecule has 0 aromatic carbocycles. The molecule has 122 valence electrons. The van der Waals surface area contributed by atoms with E-state index in [1.54, 1.807) is 0 Å². The van der Waals surface area contributed by atoms with E-state index in [9.17, 15) is 4.79 Å². The highest BCUT2D eigenvalue weighted by Gasteiger charge is 2.30. The average Bonchev–Trinajstić information content (AvgIpc) is 3.25. The first-order chi connectivity index (χ1) is 10.0. The van der Waals surface area contributed by atoms with E-state index in [-0.39, 0.29) is 5.91 Å². The van der Waals surface area contributed by atoms with Crippen LogP contribution in [-0.4, -0.2) is 67.1 Å². The van der Waals surface area contributed by atoms with Crippen LogP contribution in [0.2, 0.25) is 0 Å². The van der Waals surface area contributed by atoms with Crippen LogP contribution in [0.3, 0.4) is 0 Å². The Morgan fingerprint density at radius 1 is 1.24 bits per heavy atom. The number of hydrogen-bond donors (Lipinski definition) is 2. The van der Waals surface area contributed by atoms with Crippen LogP contribution in [0.15, 0.2) is 0 Å². The molecule has 1 heterocycles. The lowest BCUT2D eigenvalue weighted by Crippen LogP contribution is -2.53. The summed E-state index contributed by atoms with van der Waals surface area (Å²) in [5, 5.41) is 3.23. The maximum Gasteiger partial charge on any atom is 0.237 e. The second kappa shape index (κ2) is 7.56. The Bertz CT molecular complexity index is 337. The van der Waals surface area contributed by atoms with Crippen molar-refractivity contribution in [1.29, 1.82) is 0 Å². The van der Waals surface area contributed by atoms with Gasteiger partial charge >= 0.3 is 0 Å². The normalized spacial score (nSPS) is 23.9. The third-order valence-corrected chi connectivity index (χ3v) is 4.94. The second-order valence-electron chi connectivity index (χ2n) is 6.92. The molecule has 0 bridgehead atoms. The molecular formula is C16H32N4O. The van der Waals surface area contributed by atoms with Crippen LogP contribution in [0.4, 0.5) is 0 Å². The molecule has 2 fully saturated rings. The molecule has 21 heavy (non-hydrogen) atoms. The van der Waals surface area contributed by atoms with Gasteiger partial charge in [-0.25, -0.2) is 0 Å². The lowest BCUT2D eigenvalue weighted by molar-refractivity contribution is -0.124. The smallest absolute Gasteiger partial charge is 0.237 e. The Balaban J connectivity index is 1.63. The number of nitrogens with two attached hydrogens (primary N) is 1. The number of nitrogens with one attached hydrogen (secondary N) is 1. The average molecular weight is 296 g/mol. The first-order valence-corrected chi connectivity index (χ1v) is 8.53. The van der Waals surface area contributed by atoms with Crippen LogP contribution < -0.4 is 11.1 Å². The topological polar surface area (TPSA) is 61.6 Å². The maximum atomic E-state index is 11.6. The molecule has 0 aromatic rings. The van der Waals surface area contributed by atoms with E-state index in [2.05, 4.69) is 15.1 Å². The maximum absolute atomic E-state index is 11.6. The summed E-state index contributed by atoms with van der Waals surface area (Å²) in [6.45, 7) is 11.8. The fraction of sp³-hybridized carbons (Fsp3) is 0.938. The van der Waals surface area contributed by atoms with Crippen molar-refractivity contribution in [2.75, 3.05) is 45.8 Å². The molecule has 5 nitrogen and oxygen atoms in total. The van der Waals surface area contributed by atoms with Crippen LogP contribution >= 0.6 is 0 Å². The zero-order valence-electron chi connectivity index (χ0n) is 13.7. The summed E-state index contributed by atoms with van der Waals surface area (Å²) in [5.74, 6) is 0.756. The van der Waals surface area contributed by atoms with Gasteiger partial charge in [0.2, 0.25) is 5.91 Å². The summed E-state index contributed by atoms with van der Waals surface area (Å²) in [6.07, 6.45) is 4.72. The molecule has 0 aromatic heterocycles. The van der Waals surface area contributed by atoms with Crippen LogP contribution in [0, 0.1) is 5.92 Å². The van der Waals surface area contributed by atoms with Gasteiger partial charge in [0.05, 0.1) is 5.54 Å². The Labute approximate surface area is 129 Å². The number of carbonyl (C=O) groups is 1. The van der Waals surface area contributed by atoms with E-state index in [4.69, 9.17) is 5.73 Å². The van der Waals surface area contributed by atoms with Gasteiger partial charge in [-0.1, -0.05) is 6.92 Å². The van der Waals surface area contributed by atoms with Gasteiger partial charge in [-0.05, 0) is 51.6 Å². The molecule has 3 N–H and O–H groups in total. The van der Waals surface area contributed by atoms with Gasteiger partial charge < -0.3 is 20.9 Å². The Morgan fingerprint density at radius 3 is 2.38 bits per heavy atom. The molecule has 1 aliphatic heterocycles. The fourth-order valence-corrected chi connectivity index (χ4v) is 3.21. The summed E-state index contributed by atoms with van der Waals surface area (Å²) in [4.78, 5) is 16.7. The quantitative estimate of drug-likeness (QED) is 0.656. The number of nitrogens with zero attached hydrogens (tertiary/aromatic N) is 2. The first-order valence-electron chi connectivity index (χ1n) is 8.53. The molecule has 5 heteroatoms. The van der Waals surface area contributed by atoms with Crippen molar-refractivity contribution < 1.29 is 4.79 Å². The number of piperazine rings is 1. The summed E-state index contributed by atoms with van der Waals surface area (Å²) in [5.41, 5.74) is 4.97. The van der Waals surface area contributed by atoms with E-state index in [0.717, 1.165) is 31.8 Å². The van der Waals surface area contributed by atoms with Gasteiger partial charge in [0.15, 0.2) is 0 Å². The highest BCUT2D eigenvalue weighted by atomic mass is 16.1. The Morgan fingerprint density at radius 2 is 1.86 bits per heavy atom.